The predicted molar refractivity (Wildman–Crippen MR) is 113 cm³/mol. The van der Waals surface area contributed by atoms with Gasteiger partial charge in [0.25, 0.3) is 5.56 Å². The molecule has 0 saturated carbocycles. The van der Waals surface area contributed by atoms with E-state index in [1.807, 2.05) is 0 Å². The molecule has 4 rings (SSSR count). The Bertz CT molecular complexity index is 1120. The summed E-state index contributed by atoms with van der Waals surface area (Å²) in [5, 5.41) is 4.22. The van der Waals surface area contributed by atoms with Gasteiger partial charge in [-0.05, 0) is 55.0 Å². The molecule has 1 N–H and O–H groups in total. The summed E-state index contributed by atoms with van der Waals surface area (Å²) in [4.78, 5) is 19.5. The second-order valence-corrected chi connectivity index (χ2v) is 9.39. The normalized spacial score (nSPS) is 16.9. The fourth-order valence-electron chi connectivity index (χ4n) is 3.93. The second-order valence-electron chi connectivity index (χ2n) is 8.30. The molecule has 4 nitrogen and oxygen atoms in total. The van der Waals surface area contributed by atoms with Crippen molar-refractivity contribution in [2.45, 2.75) is 51.9 Å². The molecule has 1 aliphatic carbocycles. The van der Waals surface area contributed by atoms with E-state index in [9.17, 15) is 18.0 Å². The van der Waals surface area contributed by atoms with Crippen LogP contribution in [-0.4, -0.2) is 22.1 Å². The van der Waals surface area contributed by atoms with Crippen LogP contribution in [0.25, 0.3) is 10.2 Å². The Kier molecular flexibility index (Phi) is 5.72. The number of aromatic nitrogens is 2. The van der Waals surface area contributed by atoms with Crippen molar-refractivity contribution in [3.05, 3.63) is 62.5 Å². The van der Waals surface area contributed by atoms with Crippen LogP contribution in [0, 0.1) is 5.92 Å². The molecular formula is C22H24F3N3OS. The van der Waals surface area contributed by atoms with E-state index < -0.39 is 11.7 Å². The molecule has 0 saturated heterocycles. The zero-order valence-corrected chi connectivity index (χ0v) is 17.7. The highest BCUT2D eigenvalue weighted by molar-refractivity contribution is 7.18. The number of benzene rings is 1. The molecule has 2 aromatic heterocycles. The van der Waals surface area contributed by atoms with Gasteiger partial charge in [-0.15, -0.1) is 11.3 Å². The van der Waals surface area contributed by atoms with Crippen LogP contribution >= 0.6 is 11.3 Å². The molecule has 0 fully saturated rings. The topological polar surface area (TPSA) is 46.9 Å². The lowest BCUT2D eigenvalue weighted by molar-refractivity contribution is -0.137. The molecule has 160 valence electrons. The average molecular weight is 436 g/mol. The van der Waals surface area contributed by atoms with Gasteiger partial charge < -0.3 is 5.32 Å². The lowest BCUT2D eigenvalue weighted by Gasteiger charge is -2.24. The SMILES string of the molecule is CC(C)CNC1CCc2c(sc3ncn(Cc4cccc(C(F)(F)F)c4)c(=O)c23)C1. The largest absolute Gasteiger partial charge is 0.416 e. The minimum Gasteiger partial charge on any atom is -0.313 e. The summed E-state index contributed by atoms with van der Waals surface area (Å²) in [7, 11) is 0. The third kappa shape index (κ3) is 4.30. The molecule has 1 unspecified atom stereocenters. The fourth-order valence-corrected chi connectivity index (χ4v) is 5.19. The maximum Gasteiger partial charge on any atom is 0.416 e. The van der Waals surface area contributed by atoms with E-state index in [-0.39, 0.29) is 12.1 Å². The molecule has 0 aliphatic heterocycles. The van der Waals surface area contributed by atoms with E-state index in [0.29, 0.717) is 22.9 Å². The van der Waals surface area contributed by atoms with Crippen LogP contribution in [0.5, 0.6) is 0 Å². The first kappa shape index (κ1) is 21.1. The van der Waals surface area contributed by atoms with Crippen LogP contribution in [0.3, 0.4) is 0 Å². The summed E-state index contributed by atoms with van der Waals surface area (Å²) in [6, 6.07) is 5.49. The standard InChI is InChI=1S/C22H24F3N3OS/c1-13(2)10-26-16-6-7-17-18(9-16)30-20-19(17)21(29)28(12-27-20)11-14-4-3-5-15(8-14)22(23,24)25/h3-5,8,12-13,16,26H,6-7,9-11H2,1-2H3. The molecule has 0 bridgehead atoms. The molecule has 8 heteroatoms. The predicted octanol–water partition coefficient (Wildman–Crippen LogP) is 4.63. The van der Waals surface area contributed by atoms with Gasteiger partial charge in [-0.2, -0.15) is 13.2 Å². The molecule has 3 aromatic rings. The summed E-state index contributed by atoms with van der Waals surface area (Å²) < 4.78 is 40.4. The molecule has 1 atom stereocenters. The van der Waals surface area contributed by atoms with Gasteiger partial charge >= 0.3 is 6.18 Å². The molecule has 0 spiro atoms. The van der Waals surface area contributed by atoms with E-state index in [0.717, 1.165) is 48.3 Å². The highest BCUT2D eigenvalue weighted by Gasteiger charge is 2.30. The van der Waals surface area contributed by atoms with Crippen molar-refractivity contribution < 1.29 is 13.2 Å². The summed E-state index contributed by atoms with van der Waals surface area (Å²) in [6.07, 6.45) is -0.295. The smallest absolute Gasteiger partial charge is 0.313 e. The van der Waals surface area contributed by atoms with E-state index in [1.165, 1.54) is 21.8 Å². The minimum atomic E-state index is -4.41. The number of thiophene rings is 1. The highest BCUT2D eigenvalue weighted by Crippen LogP contribution is 2.34. The Labute approximate surface area is 176 Å². The van der Waals surface area contributed by atoms with Crippen molar-refractivity contribution in [2.24, 2.45) is 5.92 Å². The quantitative estimate of drug-likeness (QED) is 0.636. The van der Waals surface area contributed by atoms with Crippen molar-refractivity contribution >= 4 is 21.6 Å². The monoisotopic (exact) mass is 435 g/mol. The van der Waals surface area contributed by atoms with Crippen LogP contribution in [0.4, 0.5) is 13.2 Å². The molecule has 30 heavy (non-hydrogen) atoms. The van der Waals surface area contributed by atoms with Crippen molar-refractivity contribution in [1.29, 1.82) is 0 Å². The van der Waals surface area contributed by atoms with Crippen LogP contribution in [0.15, 0.2) is 35.4 Å². The van der Waals surface area contributed by atoms with Crippen molar-refractivity contribution in [3.8, 4) is 0 Å². The summed E-state index contributed by atoms with van der Waals surface area (Å²) >= 11 is 1.56. The lowest BCUT2D eigenvalue weighted by atomic mass is 9.93. The number of fused-ring (bicyclic) bond motifs is 3. The van der Waals surface area contributed by atoms with Gasteiger partial charge in [0.2, 0.25) is 0 Å². The molecule has 0 amide bonds. The number of nitrogens with one attached hydrogen (secondary N) is 1. The van der Waals surface area contributed by atoms with Gasteiger partial charge in [-0.3, -0.25) is 9.36 Å². The average Bonchev–Trinajstić information content (AvgIpc) is 3.06. The third-order valence-electron chi connectivity index (χ3n) is 5.46. The van der Waals surface area contributed by atoms with E-state index in [1.54, 1.807) is 17.4 Å². The van der Waals surface area contributed by atoms with Gasteiger partial charge in [-0.1, -0.05) is 26.0 Å². The lowest BCUT2D eigenvalue weighted by Crippen LogP contribution is -2.36. The Morgan fingerprint density at radius 3 is 2.87 bits per heavy atom. The fraction of sp³-hybridized carbons (Fsp3) is 0.455. The highest BCUT2D eigenvalue weighted by atomic mass is 32.1. The number of alkyl halides is 3. The Balaban J connectivity index is 1.62. The van der Waals surface area contributed by atoms with Gasteiger partial charge in [0.1, 0.15) is 4.83 Å². The number of rotatable bonds is 5. The van der Waals surface area contributed by atoms with E-state index >= 15 is 0 Å². The molecule has 2 heterocycles. The van der Waals surface area contributed by atoms with Crippen LogP contribution < -0.4 is 10.9 Å². The molecule has 0 radical (unpaired) electrons. The number of halogens is 3. The summed E-state index contributed by atoms with van der Waals surface area (Å²) in [5.41, 5.74) is 0.599. The van der Waals surface area contributed by atoms with E-state index in [2.05, 4.69) is 24.1 Å². The second kappa shape index (κ2) is 8.15. The zero-order chi connectivity index (χ0) is 21.5. The van der Waals surface area contributed by atoms with Crippen LogP contribution in [-0.2, 0) is 25.6 Å². The van der Waals surface area contributed by atoms with Crippen molar-refractivity contribution in [1.82, 2.24) is 14.9 Å². The number of hydrogen-bond donors (Lipinski definition) is 1. The Hall–Kier alpha value is -2.19. The molecule has 1 aromatic carbocycles. The van der Waals surface area contributed by atoms with Crippen molar-refractivity contribution in [2.75, 3.05) is 6.54 Å². The minimum absolute atomic E-state index is 0.0644. The van der Waals surface area contributed by atoms with E-state index in [4.69, 9.17) is 0 Å². The van der Waals surface area contributed by atoms with Crippen LogP contribution in [0.1, 0.15) is 41.8 Å². The third-order valence-corrected chi connectivity index (χ3v) is 6.62. The molecule has 1 aliphatic rings. The number of nitrogens with zero attached hydrogens (tertiary/aromatic N) is 2. The number of aryl methyl sites for hydroxylation is 1. The first-order valence-electron chi connectivity index (χ1n) is 10.1. The van der Waals surface area contributed by atoms with Gasteiger partial charge in [-0.25, -0.2) is 4.98 Å². The van der Waals surface area contributed by atoms with Crippen LogP contribution in [0.2, 0.25) is 0 Å². The van der Waals surface area contributed by atoms with Gasteiger partial charge in [0, 0.05) is 10.9 Å². The summed E-state index contributed by atoms with van der Waals surface area (Å²) in [5.74, 6) is 0.582. The first-order valence-corrected chi connectivity index (χ1v) is 10.9. The summed E-state index contributed by atoms with van der Waals surface area (Å²) in [6.45, 7) is 5.39. The maximum absolute atomic E-state index is 13.1. The Morgan fingerprint density at radius 2 is 2.13 bits per heavy atom. The maximum atomic E-state index is 13.1. The zero-order valence-electron chi connectivity index (χ0n) is 16.9. The van der Waals surface area contributed by atoms with Crippen molar-refractivity contribution in [3.63, 3.8) is 0 Å². The van der Waals surface area contributed by atoms with Gasteiger partial charge in [0.05, 0.1) is 23.8 Å². The first-order chi connectivity index (χ1) is 14.2. The molecular weight excluding hydrogens is 411 g/mol. The number of hydrogen-bond acceptors (Lipinski definition) is 4. The van der Waals surface area contributed by atoms with Gasteiger partial charge in [0.15, 0.2) is 0 Å². The Morgan fingerprint density at radius 1 is 1.33 bits per heavy atom.